The van der Waals surface area contributed by atoms with Crippen LogP contribution in [0.25, 0.3) is 20.7 Å². The molecular formula is C21H23N3S. The number of benzene rings is 1. The lowest BCUT2D eigenvalue weighted by molar-refractivity contribution is 0.243. The summed E-state index contributed by atoms with van der Waals surface area (Å²) in [5.74, 6) is 2.03. The van der Waals surface area contributed by atoms with Crippen molar-refractivity contribution in [3.63, 3.8) is 0 Å². The second kappa shape index (κ2) is 6.41. The molecule has 1 aliphatic carbocycles. The molecule has 0 bridgehead atoms. The van der Waals surface area contributed by atoms with Gasteiger partial charge in [0.15, 0.2) is 0 Å². The maximum absolute atomic E-state index is 4.75. The number of rotatable bonds is 2. The summed E-state index contributed by atoms with van der Waals surface area (Å²) in [5, 5.41) is 1.23. The Kier molecular flexibility index (Phi) is 3.93. The minimum atomic E-state index is 0.681. The largest absolute Gasteiger partial charge is 0.353 e. The molecule has 0 N–H and O–H groups in total. The van der Waals surface area contributed by atoms with Crippen molar-refractivity contribution in [2.75, 3.05) is 11.4 Å². The highest BCUT2D eigenvalue weighted by atomic mass is 32.1. The van der Waals surface area contributed by atoms with Crippen molar-refractivity contribution >= 4 is 27.4 Å². The minimum Gasteiger partial charge on any atom is -0.353 e. The normalized spacial score (nSPS) is 23.6. The Morgan fingerprint density at radius 2 is 1.80 bits per heavy atom. The summed E-state index contributed by atoms with van der Waals surface area (Å²) >= 11 is 1.78. The van der Waals surface area contributed by atoms with Crippen molar-refractivity contribution < 1.29 is 0 Å². The molecule has 3 nitrogen and oxygen atoms in total. The summed E-state index contributed by atoms with van der Waals surface area (Å²) in [5.41, 5.74) is 1.27. The van der Waals surface area contributed by atoms with Gasteiger partial charge < -0.3 is 4.90 Å². The van der Waals surface area contributed by atoms with Gasteiger partial charge in [-0.3, -0.25) is 0 Å². The quantitative estimate of drug-likeness (QED) is 0.610. The van der Waals surface area contributed by atoms with E-state index < -0.39 is 0 Å². The van der Waals surface area contributed by atoms with Gasteiger partial charge in [-0.05, 0) is 43.2 Å². The van der Waals surface area contributed by atoms with Crippen LogP contribution in [0.4, 0.5) is 5.82 Å². The highest BCUT2D eigenvalue weighted by Gasteiger charge is 2.34. The fraction of sp³-hybridized carbons (Fsp3) is 0.429. The van der Waals surface area contributed by atoms with Crippen LogP contribution in [-0.2, 0) is 0 Å². The predicted molar refractivity (Wildman–Crippen MR) is 105 cm³/mol. The van der Waals surface area contributed by atoms with Crippen LogP contribution in [0.2, 0.25) is 0 Å². The van der Waals surface area contributed by atoms with Crippen molar-refractivity contribution in [1.29, 1.82) is 0 Å². The average Bonchev–Trinajstić information content (AvgIpc) is 3.13. The SMILES string of the molecule is c1ccc(-c2cc3c(N4CCC[C@H]5CCCC[C@@H]54)ncnc3s2)cc1. The van der Waals surface area contributed by atoms with Gasteiger partial charge in [-0.2, -0.15) is 0 Å². The van der Waals surface area contributed by atoms with E-state index in [1.807, 2.05) is 0 Å². The van der Waals surface area contributed by atoms with Crippen LogP contribution in [-0.4, -0.2) is 22.6 Å². The molecule has 2 fully saturated rings. The third-order valence-corrected chi connectivity index (χ3v) is 6.97. The van der Waals surface area contributed by atoms with Crippen LogP contribution in [0, 0.1) is 5.92 Å². The first-order valence-corrected chi connectivity index (χ1v) is 10.3. The Hall–Kier alpha value is -1.94. The molecule has 2 aromatic heterocycles. The topological polar surface area (TPSA) is 29.0 Å². The first-order valence-electron chi connectivity index (χ1n) is 9.47. The van der Waals surface area contributed by atoms with E-state index in [0.29, 0.717) is 6.04 Å². The van der Waals surface area contributed by atoms with Gasteiger partial charge >= 0.3 is 0 Å². The van der Waals surface area contributed by atoms with Gasteiger partial charge in [-0.15, -0.1) is 11.3 Å². The number of fused-ring (bicyclic) bond motifs is 2. The second-order valence-corrected chi connectivity index (χ2v) is 8.37. The smallest absolute Gasteiger partial charge is 0.141 e. The fourth-order valence-electron chi connectivity index (χ4n) is 4.70. The zero-order chi connectivity index (χ0) is 16.6. The van der Waals surface area contributed by atoms with Gasteiger partial charge in [0, 0.05) is 17.5 Å². The zero-order valence-electron chi connectivity index (χ0n) is 14.4. The highest BCUT2D eigenvalue weighted by molar-refractivity contribution is 7.21. The highest BCUT2D eigenvalue weighted by Crippen LogP contribution is 2.41. The zero-order valence-corrected chi connectivity index (χ0v) is 15.2. The summed E-state index contributed by atoms with van der Waals surface area (Å²) in [7, 11) is 0. The molecule has 1 aliphatic heterocycles. The molecule has 25 heavy (non-hydrogen) atoms. The number of anilines is 1. The maximum atomic E-state index is 4.75. The molecule has 5 rings (SSSR count). The Morgan fingerprint density at radius 3 is 2.72 bits per heavy atom. The Bertz CT molecular complexity index is 871. The van der Waals surface area contributed by atoms with Crippen molar-refractivity contribution in [2.45, 2.75) is 44.6 Å². The van der Waals surface area contributed by atoms with Gasteiger partial charge in [-0.25, -0.2) is 9.97 Å². The number of aromatic nitrogens is 2. The molecule has 1 saturated carbocycles. The van der Waals surface area contributed by atoms with Gasteiger partial charge in [0.1, 0.15) is 17.0 Å². The van der Waals surface area contributed by atoms with Crippen LogP contribution in [0.15, 0.2) is 42.7 Å². The molecule has 2 aliphatic rings. The fourth-order valence-corrected chi connectivity index (χ4v) is 5.70. The first-order chi connectivity index (χ1) is 12.4. The molecule has 1 saturated heterocycles. The molecule has 0 unspecified atom stereocenters. The number of piperidine rings is 1. The summed E-state index contributed by atoms with van der Waals surface area (Å²) in [6.45, 7) is 1.14. The van der Waals surface area contributed by atoms with Crippen LogP contribution in [0.5, 0.6) is 0 Å². The second-order valence-electron chi connectivity index (χ2n) is 7.34. The molecule has 128 valence electrons. The summed E-state index contributed by atoms with van der Waals surface area (Å²) in [4.78, 5) is 14.3. The van der Waals surface area contributed by atoms with E-state index in [9.17, 15) is 0 Å². The van der Waals surface area contributed by atoms with Gasteiger partial charge in [-0.1, -0.05) is 43.2 Å². The molecule has 0 spiro atoms. The lowest BCUT2D eigenvalue weighted by atomic mass is 9.78. The van der Waals surface area contributed by atoms with Crippen molar-refractivity contribution in [1.82, 2.24) is 9.97 Å². The average molecular weight is 350 g/mol. The van der Waals surface area contributed by atoms with E-state index >= 15 is 0 Å². The van der Waals surface area contributed by atoms with Crippen LogP contribution in [0.1, 0.15) is 38.5 Å². The van der Waals surface area contributed by atoms with Crippen molar-refractivity contribution in [3.05, 3.63) is 42.7 Å². The van der Waals surface area contributed by atoms with Crippen molar-refractivity contribution in [3.8, 4) is 10.4 Å². The maximum Gasteiger partial charge on any atom is 0.141 e. The van der Waals surface area contributed by atoms with E-state index in [2.05, 4.69) is 46.3 Å². The summed E-state index contributed by atoms with van der Waals surface area (Å²) < 4.78 is 0. The number of hydrogen-bond acceptors (Lipinski definition) is 4. The van der Waals surface area contributed by atoms with Crippen LogP contribution in [0.3, 0.4) is 0 Å². The Morgan fingerprint density at radius 1 is 0.960 bits per heavy atom. The Balaban J connectivity index is 1.58. The molecular weight excluding hydrogens is 326 g/mol. The van der Waals surface area contributed by atoms with E-state index in [4.69, 9.17) is 4.98 Å². The molecule has 3 aromatic rings. The number of thiophene rings is 1. The monoisotopic (exact) mass is 349 g/mol. The van der Waals surface area contributed by atoms with Crippen LogP contribution < -0.4 is 4.90 Å². The van der Waals surface area contributed by atoms with Crippen LogP contribution >= 0.6 is 11.3 Å². The van der Waals surface area contributed by atoms with Gasteiger partial charge in [0.25, 0.3) is 0 Å². The predicted octanol–water partition coefficient (Wildman–Crippen LogP) is 5.52. The Labute approximate surface area is 152 Å². The molecule has 4 heteroatoms. The van der Waals surface area contributed by atoms with E-state index in [-0.39, 0.29) is 0 Å². The van der Waals surface area contributed by atoms with E-state index in [0.717, 1.165) is 17.3 Å². The first kappa shape index (κ1) is 15.3. The lowest BCUT2D eigenvalue weighted by Crippen LogP contribution is -2.47. The summed E-state index contributed by atoms with van der Waals surface area (Å²) in [6.07, 6.45) is 9.95. The molecule has 1 aromatic carbocycles. The standard InChI is InChI=1S/C21H23N3S/c1-2-8-16(9-3-1)19-13-17-20(22-14-23-21(17)25-19)24-12-6-10-15-7-4-5-11-18(15)24/h1-3,8-9,13-15,18H,4-7,10-12H2/t15-,18+/m1/s1. The minimum absolute atomic E-state index is 0.681. The van der Waals surface area contributed by atoms with Crippen molar-refractivity contribution in [2.24, 2.45) is 5.92 Å². The van der Waals surface area contributed by atoms with Gasteiger partial charge in [0.2, 0.25) is 0 Å². The van der Waals surface area contributed by atoms with Gasteiger partial charge in [0.05, 0.1) is 5.39 Å². The lowest BCUT2D eigenvalue weighted by Gasteiger charge is -2.44. The molecule has 2 atom stereocenters. The third kappa shape index (κ3) is 2.73. The molecule has 0 radical (unpaired) electrons. The molecule has 3 heterocycles. The number of nitrogens with zero attached hydrogens (tertiary/aromatic N) is 3. The van der Waals surface area contributed by atoms with E-state index in [1.165, 1.54) is 60.2 Å². The van der Waals surface area contributed by atoms with E-state index in [1.54, 1.807) is 17.7 Å². The molecule has 0 amide bonds. The third-order valence-electron chi connectivity index (χ3n) is 5.88. The summed E-state index contributed by atoms with van der Waals surface area (Å²) in [6, 6.07) is 13.6. The number of hydrogen-bond donors (Lipinski definition) is 0.